The summed E-state index contributed by atoms with van der Waals surface area (Å²) in [6.45, 7) is 0.757. The highest BCUT2D eigenvalue weighted by atomic mass is 16.5. The van der Waals surface area contributed by atoms with E-state index in [2.05, 4.69) is 5.16 Å². The number of hydrogen-bond acceptors (Lipinski definition) is 6. The molecule has 0 aliphatic carbocycles. The molecule has 8 heteroatoms. The van der Waals surface area contributed by atoms with Crippen LogP contribution >= 0.6 is 0 Å². The number of aliphatic hydroxyl groups excluding tert-OH is 1. The normalized spacial score (nSPS) is 28.9. The van der Waals surface area contributed by atoms with Gasteiger partial charge in [0, 0.05) is 25.4 Å². The molecule has 30 heavy (non-hydrogen) atoms. The van der Waals surface area contributed by atoms with Gasteiger partial charge in [0.2, 0.25) is 11.8 Å². The number of benzene rings is 1. The molecule has 2 saturated heterocycles. The molecule has 0 radical (unpaired) electrons. The second-order valence-electron chi connectivity index (χ2n) is 8.14. The zero-order chi connectivity index (χ0) is 20.9. The molecule has 156 valence electrons. The molecular formula is C22H23N3O5. The van der Waals surface area contributed by atoms with Crippen LogP contribution in [-0.4, -0.2) is 58.9 Å². The Hall–Kier alpha value is -2.97. The van der Waals surface area contributed by atoms with Gasteiger partial charge in [-0.2, -0.15) is 0 Å². The van der Waals surface area contributed by atoms with Gasteiger partial charge in [0.15, 0.2) is 5.76 Å². The molecule has 5 rings (SSSR count). The van der Waals surface area contributed by atoms with Crippen LogP contribution < -0.4 is 4.90 Å². The molecule has 8 nitrogen and oxygen atoms in total. The lowest BCUT2D eigenvalue weighted by Crippen LogP contribution is -2.44. The van der Waals surface area contributed by atoms with Crippen molar-refractivity contribution in [3.05, 3.63) is 60.0 Å². The number of anilines is 1. The SMILES string of the molecule is CN(Cc1ccno1)C(=O)[C@H]1[C@@H]2C=C[C@@]3(CN(c4ccc(CCO)cc4)C(=O)[C@@H]13)O2. The molecule has 1 aromatic carbocycles. The van der Waals surface area contributed by atoms with E-state index >= 15 is 0 Å². The average molecular weight is 409 g/mol. The molecule has 1 spiro atoms. The van der Waals surface area contributed by atoms with Gasteiger partial charge in [0.05, 0.1) is 37.2 Å². The van der Waals surface area contributed by atoms with Gasteiger partial charge in [-0.3, -0.25) is 9.59 Å². The zero-order valence-corrected chi connectivity index (χ0v) is 16.6. The van der Waals surface area contributed by atoms with Crippen molar-refractivity contribution >= 4 is 17.5 Å². The fraction of sp³-hybridized carbons (Fsp3) is 0.409. The molecule has 3 aliphatic rings. The largest absolute Gasteiger partial charge is 0.396 e. The van der Waals surface area contributed by atoms with Crippen molar-refractivity contribution in [2.45, 2.75) is 24.7 Å². The van der Waals surface area contributed by atoms with Crippen LogP contribution in [0.1, 0.15) is 11.3 Å². The van der Waals surface area contributed by atoms with Gasteiger partial charge < -0.3 is 24.2 Å². The summed E-state index contributed by atoms with van der Waals surface area (Å²) in [6, 6.07) is 9.29. The van der Waals surface area contributed by atoms with Crippen LogP contribution in [0.4, 0.5) is 5.69 Å². The van der Waals surface area contributed by atoms with E-state index in [1.165, 1.54) is 6.20 Å². The van der Waals surface area contributed by atoms with Gasteiger partial charge in [-0.1, -0.05) is 29.4 Å². The van der Waals surface area contributed by atoms with E-state index in [9.17, 15) is 9.59 Å². The summed E-state index contributed by atoms with van der Waals surface area (Å²) in [5, 5.41) is 12.8. The Balaban J connectivity index is 1.39. The van der Waals surface area contributed by atoms with Crippen molar-refractivity contribution in [1.29, 1.82) is 0 Å². The quantitative estimate of drug-likeness (QED) is 0.720. The first-order chi connectivity index (χ1) is 14.5. The lowest BCUT2D eigenvalue weighted by atomic mass is 9.76. The third-order valence-corrected chi connectivity index (χ3v) is 6.29. The van der Waals surface area contributed by atoms with Crippen molar-refractivity contribution in [2.24, 2.45) is 11.8 Å². The first-order valence-electron chi connectivity index (χ1n) is 10.1. The molecule has 2 bridgehead atoms. The predicted octanol–water partition coefficient (Wildman–Crippen LogP) is 1.15. The molecule has 4 atom stereocenters. The fourth-order valence-corrected chi connectivity index (χ4v) is 4.86. The lowest BCUT2D eigenvalue weighted by molar-refractivity contribution is -0.139. The Kier molecular flexibility index (Phi) is 4.48. The standard InChI is InChI=1S/C22H23N3O5/c1-24(12-16-7-10-23-30-16)20(27)18-17-6-9-22(29-17)13-25(21(28)19(18)22)15-4-2-14(3-5-15)8-11-26/h2-7,9-10,17-19,26H,8,11-13H2,1H3/t17-,18-,19+,22-/m0/s1. The van der Waals surface area contributed by atoms with E-state index in [1.807, 2.05) is 36.4 Å². The fourth-order valence-electron chi connectivity index (χ4n) is 4.86. The summed E-state index contributed by atoms with van der Waals surface area (Å²) in [4.78, 5) is 29.9. The van der Waals surface area contributed by atoms with Crippen LogP contribution in [0.25, 0.3) is 0 Å². The molecule has 1 aromatic heterocycles. The van der Waals surface area contributed by atoms with Crippen LogP contribution in [0.2, 0.25) is 0 Å². The first kappa shape index (κ1) is 19.0. The second-order valence-corrected chi connectivity index (χ2v) is 8.14. The molecule has 1 N–H and O–H groups in total. The van der Waals surface area contributed by atoms with E-state index in [0.29, 0.717) is 18.7 Å². The number of carbonyl (C=O) groups is 2. The molecule has 3 aliphatic heterocycles. The smallest absolute Gasteiger partial charge is 0.234 e. The number of aromatic nitrogens is 1. The predicted molar refractivity (Wildman–Crippen MR) is 106 cm³/mol. The van der Waals surface area contributed by atoms with E-state index in [4.69, 9.17) is 14.4 Å². The van der Waals surface area contributed by atoms with E-state index < -0.39 is 23.5 Å². The van der Waals surface area contributed by atoms with E-state index in [-0.39, 0.29) is 25.0 Å². The minimum atomic E-state index is -0.765. The van der Waals surface area contributed by atoms with Crippen molar-refractivity contribution in [1.82, 2.24) is 10.1 Å². The maximum absolute atomic E-state index is 13.4. The molecule has 2 amide bonds. The summed E-state index contributed by atoms with van der Waals surface area (Å²) >= 11 is 0. The van der Waals surface area contributed by atoms with Crippen LogP contribution in [0, 0.1) is 11.8 Å². The van der Waals surface area contributed by atoms with Crippen LogP contribution in [0.15, 0.2) is 53.2 Å². The van der Waals surface area contributed by atoms with Gasteiger partial charge in [-0.15, -0.1) is 0 Å². The Labute approximate surface area is 173 Å². The number of ether oxygens (including phenoxy) is 1. The van der Waals surface area contributed by atoms with Crippen molar-refractivity contribution in [3.63, 3.8) is 0 Å². The number of rotatable bonds is 6. The summed E-state index contributed by atoms with van der Waals surface area (Å²) in [5.74, 6) is -0.754. The first-order valence-corrected chi connectivity index (χ1v) is 10.1. The molecule has 4 heterocycles. The third kappa shape index (κ3) is 2.86. The second kappa shape index (κ2) is 7.07. The molecule has 2 fully saturated rings. The minimum Gasteiger partial charge on any atom is -0.396 e. The summed E-state index contributed by atoms with van der Waals surface area (Å²) < 4.78 is 11.3. The Morgan fingerprint density at radius 3 is 2.83 bits per heavy atom. The number of carbonyl (C=O) groups excluding carboxylic acids is 2. The van der Waals surface area contributed by atoms with Crippen LogP contribution in [-0.2, 0) is 27.3 Å². The van der Waals surface area contributed by atoms with Gasteiger partial charge >= 0.3 is 0 Å². The van der Waals surface area contributed by atoms with Crippen molar-refractivity contribution in [3.8, 4) is 0 Å². The summed E-state index contributed by atoms with van der Waals surface area (Å²) in [5.41, 5.74) is 1.01. The maximum atomic E-state index is 13.4. The van der Waals surface area contributed by atoms with Crippen molar-refractivity contribution in [2.75, 3.05) is 25.1 Å². The highest BCUT2D eigenvalue weighted by Crippen LogP contribution is 2.53. The number of hydrogen-bond donors (Lipinski definition) is 1. The molecular weight excluding hydrogens is 386 g/mol. The van der Waals surface area contributed by atoms with Gasteiger partial charge in [-0.05, 0) is 24.1 Å². The maximum Gasteiger partial charge on any atom is 0.234 e. The number of nitrogens with zero attached hydrogens (tertiary/aromatic N) is 3. The molecule has 0 saturated carbocycles. The molecule has 2 aromatic rings. The molecule has 0 unspecified atom stereocenters. The van der Waals surface area contributed by atoms with Gasteiger partial charge in [0.25, 0.3) is 0 Å². The zero-order valence-electron chi connectivity index (χ0n) is 16.6. The van der Waals surface area contributed by atoms with E-state index in [1.54, 1.807) is 22.9 Å². The Morgan fingerprint density at radius 2 is 2.13 bits per heavy atom. The Morgan fingerprint density at radius 1 is 1.33 bits per heavy atom. The summed E-state index contributed by atoms with van der Waals surface area (Å²) in [7, 11) is 1.70. The monoisotopic (exact) mass is 409 g/mol. The highest BCUT2D eigenvalue weighted by Gasteiger charge is 2.67. The minimum absolute atomic E-state index is 0.0819. The number of amides is 2. The van der Waals surface area contributed by atoms with Crippen LogP contribution in [0.5, 0.6) is 0 Å². The summed E-state index contributed by atoms with van der Waals surface area (Å²) in [6.07, 6.45) is 5.57. The van der Waals surface area contributed by atoms with Gasteiger partial charge in [-0.25, -0.2) is 0 Å². The number of fused-ring (bicyclic) bond motifs is 1. The number of aliphatic hydroxyl groups is 1. The Bertz CT molecular complexity index is 987. The van der Waals surface area contributed by atoms with Gasteiger partial charge in [0.1, 0.15) is 5.60 Å². The topological polar surface area (TPSA) is 96.1 Å². The third-order valence-electron chi connectivity index (χ3n) is 6.29. The van der Waals surface area contributed by atoms with E-state index in [0.717, 1.165) is 11.3 Å². The van der Waals surface area contributed by atoms with Crippen LogP contribution in [0.3, 0.4) is 0 Å². The highest BCUT2D eigenvalue weighted by molar-refractivity contribution is 6.03. The lowest BCUT2D eigenvalue weighted by Gasteiger charge is -2.27. The van der Waals surface area contributed by atoms with Crippen molar-refractivity contribution < 1.29 is 24.0 Å². The average Bonchev–Trinajstić information content (AvgIpc) is 3.51.